The highest BCUT2D eigenvalue weighted by molar-refractivity contribution is 7.13. The van der Waals surface area contributed by atoms with E-state index in [0.29, 0.717) is 12.1 Å². The number of thiazole rings is 1. The van der Waals surface area contributed by atoms with Gasteiger partial charge in [0.15, 0.2) is 5.13 Å². The molecule has 5 nitrogen and oxygen atoms in total. The van der Waals surface area contributed by atoms with Gasteiger partial charge < -0.3 is 15.7 Å². The molecule has 132 valence electrons. The zero-order valence-electron chi connectivity index (χ0n) is 14.1. The quantitative estimate of drug-likeness (QED) is 0.885. The summed E-state index contributed by atoms with van der Waals surface area (Å²) in [5.74, 6) is -0.307. The van der Waals surface area contributed by atoms with Crippen molar-refractivity contribution in [1.82, 2.24) is 4.98 Å². The molecule has 1 aromatic heterocycles. The Morgan fingerprint density at radius 2 is 2.04 bits per heavy atom. The SMILES string of the molecule is NC(=O)c1csc(N2CC[C@@](O)(c3ccccc3)[C@H]3CCCC[C@H]32)n1. The Morgan fingerprint density at radius 3 is 2.76 bits per heavy atom. The smallest absolute Gasteiger partial charge is 0.268 e. The molecule has 2 heterocycles. The number of hydrogen-bond donors (Lipinski definition) is 2. The van der Waals surface area contributed by atoms with E-state index in [9.17, 15) is 9.90 Å². The van der Waals surface area contributed by atoms with Crippen LogP contribution >= 0.6 is 11.3 Å². The van der Waals surface area contributed by atoms with Crippen molar-refractivity contribution in [1.29, 1.82) is 0 Å². The van der Waals surface area contributed by atoms with Crippen LogP contribution in [0.1, 0.15) is 48.2 Å². The van der Waals surface area contributed by atoms with Gasteiger partial charge in [0.05, 0.1) is 5.60 Å². The molecule has 3 N–H and O–H groups in total. The first-order valence-corrected chi connectivity index (χ1v) is 9.77. The van der Waals surface area contributed by atoms with Crippen LogP contribution < -0.4 is 10.6 Å². The normalized spacial score (nSPS) is 29.2. The number of primary amides is 1. The second-order valence-corrected chi connectivity index (χ2v) is 7.91. The van der Waals surface area contributed by atoms with E-state index in [0.717, 1.165) is 42.9 Å². The predicted octanol–water partition coefficient (Wildman–Crippen LogP) is 2.90. The molecule has 25 heavy (non-hydrogen) atoms. The summed E-state index contributed by atoms with van der Waals surface area (Å²) in [7, 11) is 0. The van der Waals surface area contributed by atoms with Crippen LogP contribution in [-0.4, -0.2) is 28.6 Å². The van der Waals surface area contributed by atoms with E-state index in [-0.39, 0.29) is 12.0 Å². The Hall–Kier alpha value is -1.92. The Balaban J connectivity index is 1.67. The van der Waals surface area contributed by atoms with E-state index in [1.54, 1.807) is 5.38 Å². The lowest BCUT2D eigenvalue weighted by molar-refractivity contribution is -0.0689. The molecule has 4 rings (SSSR count). The molecule has 6 heteroatoms. The van der Waals surface area contributed by atoms with E-state index >= 15 is 0 Å². The number of piperidine rings is 1. The largest absolute Gasteiger partial charge is 0.385 e. The van der Waals surface area contributed by atoms with E-state index in [1.165, 1.54) is 11.3 Å². The third-order valence-electron chi connectivity index (χ3n) is 5.74. The van der Waals surface area contributed by atoms with Crippen LogP contribution in [0.5, 0.6) is 0 Å². The van der Waals surface area contributed by atoms with Crippen molar-refractivity contribution < 1.29 is 9.90 Å². The minimum absolute atomic E-state index is 0.179. The first-order valence-electron chi connectivity index (χ1n) is 8.89. The number of nitrogens with zero attached hydrogens (tertiary/aromatic N) is 2. The predicted molar refractivity (Wildman–Crippen MR) is 98.7 cm³/mol. The molecular weight excluding hydrogens is 334 g/mol. The molecule has 2 aliphatic rings. The molecule has 0 radical (unpaired) electrons. The third kappa shape index (κ3) is 2.83. The fraction of sp³-hybridized carbons (Fsp3) is 0.474. The average molecular weight is 357 g/mol. The number of aliphatic hydroxyl groups is 1. The fourth-order valence-corrected chi connectivity index (χ4v) is 5.41. The number of rotatable bonds is 3. The van der Waals surface area contributed by atoms with Crippen molar-refractivity contribution in [2.24, 2.45) is 11.7 Å². The van der Waals surface area contributed by atoms with Crippen LogP contribution in [0.3, 0.4) is 0 Å². The monoisotopic (exact) mass is 357 g/mol. The van der Waals surface area contributed by atoms with Gasteiger partial charge in [-0.15, -0.1) is 11.3 Å². The lowest BCUT2D eigenvalue weighted by atomic mass is 9.66. The fourth-order valence-electron chi connectivity index (χ4n) is 4.52. The van der Waals surface area contributed by atoms with E-state index in [1.807, 2.05) is 30.3 Å². The summed E-state index contributed by atoms with van der Waals surface area (Å²) < 4.78 is 0. The molecule has 0 unspecified atom stereocenters. The van der Waals surface area contributed by atoms with Gasteiger partial charge in [0.25, 0.3) is 5.91 Å². The van der Waals surface area contributed by atoms with Gasteiger partial charge in [-0.1, -0.05) is 43.2 Å². The maximum absolute atomic E-state index is 11.6. The van der Waals surface area contributed by atoms with E-state index in [2.05, 4.69) is 9.88 Å². The number of aromatic nitrogens is 1. The maximum Gasteiger partial charge on any atom is 0.268 e. The van der Waals surface area contributed by atoms with Gasteiger partial charge in [-0.05, 0) is 24.8 Å². The van der Waals surface area contributed by atoms with Crippen molar-refractivity contribution in [3.8, 4) is 0 Å². The van der Waals surface area contributed by atoms with Crippen molar-refractivity contribution >= 4 is 22.4 Å². The minimum Gasteiger partial charge on any atom is -0.385 e. The highest BCUT2D eigenvalue weighted by atomic mass is 32.1. The van der Waals surface area contributed by atoms with E-state index < -0.39 is 11.5 Å². The molecule has 3 atom stereocenters. The van der Waals surface area contributed by atoms with Crippen molar-refractivity contribution in [3.63, 3.8) is 0 Å². The summed E-state index contributed by atoms with van der Waals surface area (Å²) in [6.07, 6.45) is 5.04. The summed E-state index contributed by atoms with van der Waals surface area (Å²) in [4.78, 5) is 18.1. The summed E-state index contributed by atoms with van der Waals surface area (Å²) in [6, 6.07) is 10.3. The van der Waals surface area contributed by atoms with Crippen molar-refractivity contribution in [3.05, 3.63) is 47.0 Å². The summed E-state index contributed by atoms with van der Waals surface area (Å²) in [5, 5.41) is 14.2. The highest BCUT2D eigenvalue weighted by Crippen LogP contribution is 2.48. The van der Waals surface area contributed by atoms with Crippen LogP contribution in [0, 0.1) is 5.92 Å². The number of hydrogen-bond acceptors (Lipinski definition) is 5. The van der Waals surface area contributed by atoms with Gasteiger partial charge in [0.1, 0.15) is 5.69 Å². The number of benzene rings is 1. The van der Waals surface area contributed by atoms with Crippen LogP contribution in [0.15, 0.2) is 35.7 Å². The maximum atomic E-state index is 11.6. The minimum atomic E-state index is -0.785. The zero-order valence-corrected chi connectivity index (χ0v) is 14.9. The molecule has 1 amide bonds. The second kappa shape index (κ2) is 6.42. The Morgan fingerprint density at radius 1 is 1.28 bits per heavy atom. The number of carbonyl (C=O) groups is 1. The number of fused-ring (bicyclic) bond motifs is 1. The lowest BCUT2D eigenvalue weighted by Crippen LogP contribution is -2.57. The van der Waals surface area contributed by atoms with Crippen LogP contribution in [0.2, 0.25) is 0 Å². The van der Waals surface area contributed by atoms with Crippen LogP contribution in [-0.2, 0) is 5.60 Å². The van der Waals surface area contributed by atoms with Crippen LogP contribution in [0.4, 0.5) is 5.13 Å². The number of nitrogens with two attached hydrogens (primary N) is 1. The summed E-state index contributed by atoms with van der Waals surface area (Å²) in [6.45, 7) is 0.734. The Labute approximate surface area is 151 Å². The Bertz CT molecular complexity index is 763. The van der Waals surface area contributed by atoms with Gasteiger partial charge in [-0.25, -0.2) is 4.98 Å². The second-order valence-electron chi connectivity index (χ2n) is 7.07. The van der Waals surface area contributed by atoms with Crippen LogP contribution in [0.25, 0.3) is 0 Å². The van der Waals surface area contributed by atoms with Crippen molar-refractivity contribution in [2.75, 3.05) is 11.4 Å². The topological polar surface area (TPSA) is 79.5 Å². The molecule has 1 saturated carbocycles. The van der Waals surface area contributed by atoms with Gasteiger partial charge in [-0.3, -0.25) is 4.79 Å². The molecule has 1 aliphatic carbocycles. The molecule has 2 fully saturated rings. The molecule has 1 aromatic carbocycles. The summed E-state index contributed by atoms with van der Waals surface area (Å²) >= 11 is 1.47. The van der Waals surface area contributed by atoms with Gasteiger partial charge in [-0.2, -0.15) is 0 Å². The standard InChI is InChI=1S/C19H23N3O2S/c20-17(23)15-12-25-18(21-15)22-11-10-19(24,13-6-2-1-3-7-13)14-8-4-5-9-16(14)22/h1-3,6-7,12,14,16,24H,4-5,8-11H2,(H2,20,23)/t14-,16+,19+/m0/s1. The molecule has 2 aromatic rings. The highest BCUT2D eigenvalue weighted by Gasteiger charge is 2.49. The molecule has 1 saturated heterocycles. The molecular formula is C19H23N3O2S. The van der Waals surface area contributed by atoms with Gasteiger partial charge >= 0.3 is 0 Å². The lowest BCUT2D eigenvalue weighted by Gasteiger charge is -2.52. The summed E-state index contributed by atoms with van der Waals surface area (Å²) in [5.41, 5.74) is 5.92. The number of anilines is 1. The molecule has 1 aliphatic heterocycles. The number of amides is 1. The number of carbonyl (C=O) groups excluding carboxylic acids is 1. The molecule has 0 spiro atoms. The van der Waals surface area contributed by atoms with Gasteiger partial charge in [0.2, 0.25) is 0 Å². The first-order chi connectivity index (χ1) is 12.1. The first kappa shape index (κ1) is 16.5. The average Bonchev–Trinajstić information content (AvgIpc) is 3.13. The van der Waals surface area contributed by atoms with E-state index in [4.69, 9.17) is 5.73 Å². The zero-order chi connectivity index (χ0) is 17.4. The van der Waals surface area contributed by atoms with Gasteiger partial charge in [0, 0.05) is 23.9 Å². The third-order valence-corrected chi connectivity index (χ3v) is 6.62. The van der Waals surface area contributed by atoms with Crippen molar-refractivity contribution in [2.45, 2.75) is 43.7 Å². The Kier molecular flexibility index (Phi) is 4.25. The molecule has 0 bridgehead atoms.